The zero-order valence-electron chi connectivity index (χ0n) is 10.5. The van der Waals surface area contributed by atoms with Gasteiger partial charge in [-0.15, -0.1) is 0 Å². The van der Waals surface area contributed by atoms with E-state index in [0.29, 0.717) is 11.1 Å². The lowest BCUT2D eigenvalue weighted by Crippen LogP contribution is -2.00. The molecule has 2 aromatic rings. The average molecular weight is 390 g/mol. The van der Waals surface area contributed by atoms with Crippen LogP contribution in [0.25, 0.3) is 0 Å². The van der Waals surface area contributed by atoms with Crippen molar-refractivity contribution in [3.8, 4) is 0 Å². The smallest absolute Gasteiger partial charge is 0.130 e. The van der Waals surface area contributed by atoms with E-state index in [1.54, 1.807) is 13.0 Å². The lowest BCUT2D eigenvalue weighted by molar-refractivity contribution is 0.569. The first-order valence-corrected chi connectivity index (χ1v) is 7.46. The Labute approximate surface area is 128 Å². The lowest BCUT2D eigenvalue weighted by Gasteiger charge is -2.14. The van der Waals surface area contributed by atoms with Crippen LogP contribution in [0.4, 0.5) is 8.78 Å². The Morgan fingerprint density at radius 1 is 0.947 bits per heavy atom. The van der Waals surface area contributed by atoms with Crippen molar-refractivity contribution < 1.29 is 8.78 Å². The summed E-state index contributed by atoms with van der Waals surface area (Å²) < 4.78 is 28.2. The Morgan fingerprint density at radius 2 is 1.63 bits per heavy atom. The molecule has 19 heavy (non-hydrogen) atoms. The predicted octanol–water partition coefficient (Wildman–Crippen LogP) is 5.83. The third-order valence-electron chi connectivity index (χ3n) is 3.03. The van der Waals surface area contributed by atoms with Crippen molar-refractivity contribution >= 4 is 31.9 Å². The van der Waals surface area contributed by atoms with Crippen molar-refractivity contribution in [2.45, 2.75) is 18.7 Å². The molecule has 1 atom stereocenters. The number of aryl methyl sites for hydroxylation is 2. The van der Waals surface area contributed by atoms with E-state index in [4.69, 9.17) is 0 Å². The maximum Gasteiger partial charge on any atom is 0.130 e. The van der Waals surface area contributed by atoms with Gasteiger partial charge >= 0.3 is 0 Å². The number of rotatable bonds is 2. The summed E-state index contributed by atoms with van der Waals surface area (Å²) in [6.45, 7) is 3.60. The van der Waals surface area contributed by atoms with Crippen LogP contribution in [0.15, 0.2) is 34.8 Å². The fourth-order valence-corrected chi connectivity index (χ4v) is 2.76. The molecule has 100 valence electrons. The van der Waals surface area contributed by atoms with Gasteiger partial charge in [0.1, 0.15) is 11.6 Å². The van der Waals surface area contributed by atoms with Crippen LogP contribution in [0.1, 0.15) is 27.1 Å². The van der Waals surface area contributed by atoms with Gasteiger partial charge in [0.05, 0.1) is 4.83 Å². The van der Waals surface area contributed by atoms with Gasteiger partial charge in [-0.25, -0.2) is 8.78 Å². The summed E-state index contributed by atoms with van der Waals surface area (Å²) in [6, 6.07) is 8.29. The van der Waals surface area contributed by atoms with E-state index in [9.17, 15) is 8.78 Å². The molecule has 0 spiro atoms. The Kier molecular flexibility index (Phi) is 4.41. The van der Waals surface area contributed by atoms with E-state index in [0.717, 1.165) is 21.7 Å². The van der Waals surface area contributed by atoms with Crippen molar-refractivity contribution in [1.29, 1.82) is 0 Å². The second-order valence-electron chi connectivity index (χ2n) is 4.49. The molecule has 0 heterocycles. The summed E-state index contributed by atoms with van der Waals surface area (Å²) >= 11 is 6.92. The largest absolute Gasteiger partial charge is 0.207 e. The van der Waals surface area contributed by atoms with E-state index in [-0.39, 0.29) is 4.83 Å². The molecule has 0 N–H and O–H groups in total. The van der Waals surface area contributed by atoms with E-state index >= 15 is 0 Å². The van der Waals surface area contributed by atoms with Gasteiger partial charge in [0.25, 0.3) is 0 Å². The zero-order valence-corrected chi connectivity index (χ0v) is 13.6. The topological polar surface area (TPSA) is 0 Å². The molecular formula is C15H12Br2F2. The van der Waals surface area contributed by atoms with Crippen LogP contribution in [0, 0.1) is 25.5 Å². The molecule has 2 rings (SSSR count). The predicted molar refractivity (Wildman–Crippen MR) is 80.7 cm³/mol. The van der Waals surface area contributed by atoms with Crippen molar-refractivity contribution in [2.24, 2.45) is 0 Å². The highest BCUT2D eigenvalue weighted by Crippen LogP contribution is 2.35. The fraction of sp³-hybridized carbons (Fsp3) is 0.200. The molecule has 0 bridgehead atoms. The van der Waals surface area contributed by atoms with Crippen LogP contribution in [-0.4, -0.2) is 0 Å². The van der Waals surface area contributed by atoms with Crippen LogP contribution in [0.5, 0.6) is 0 Å². The molecule has 0 radical (unpaired) electrons. The highest BCUT2D eigenvalue weighted by molar-refractivity contribution is 9.10. The minimum Gasteiger partial charge on any atom is -0.207 e. The Balaban J connectivity index is 2.46. The molecule has 0 aliphatic carbocycles. The van der Waals surface area contributed by atoms with Gasteiger partial charge in [-0.05, 0) is 42.7 Å². The summed E-state index contributed by atoms with van der Waals surface area (Å²) in [4.78, 5) is -0.293. The van der Waals surface area contributed by atoms with E-state index in [1.807, 2.05) is 25.1 Å². The molecule has 0 fully saturated rings. The number of hydrogen-bond acceptors (Lipinski definition) is 0. The first kappa shape index (κ1) is 14.7. The lowest BCUT2D eigenvalue weighted by atomic mass is 10.0. The molecule has 0 saturated heterocycles. The molecule has 0 saturated carbocycles. The summed E-state index contributed by atoms with van der Waals surface area (Å²) in [5, 5.41) is 0. The minimum absolute atomic E-state index is 0.293. The SMILES string of the molecule is Cc1cc(C(Br)c2ccc(Br)c(C)c2)c(F)cc1F. The highest BCUT2D eigenvalue weighted by Gasteiger charge is 2.17. The third kappa shape index (κ3) is 3.06. The van der Waals surface area contributed by atoms with Crippen LogP contribution in [0.2, 0.25) is 0 Å². The monoisotopic (exact) mass is 388 g/mol. The maximum absolute atomic E-state index is 13.9. The van der Waals surface area contributed by atoms with Gasteiger partial charge in [-0.3, -0.25) is 0 Å². The van der Waals surface area contributed by atoms with Gasteiger partial charge in [-0.2, -0.15) is 0 Å². The number of halogens is 4. The third-order valence-corrected chi connectivity index (χ3v) is 4.94. The first-order chi connectivity index (χ1) is 8.90. The van der Waals surface area contributed by atoms with Crippen LogP contribution in [-0.2, 0) is 0 Å². The van der Waals surface area contributed by atoms with Crippen molar-refractivity contribution in [2.75, 3.05) is 0 Å². The summed E-state index contributed by atoms with van der Waals surface area (Å²) in [6.07, 6.45) is 0. The summed E-state index contributed by atoms with van der Waals surface area (Å²) in [5.41, 5.74) is 2.89. The minimum atomic E-state index is -0.537. The van der Waals surface area contributed by atoms with Crippen molar-refractivity contribution in [3.05, 3.63) is 68.7 Å². The maximum atomic E-state index is 13.9. The van der Waals surface area contributed by atoms with E-state index in [2.05, 4.69) is 31.9 Å². The quantitative estimate of drug-likeness (QED) is 0.567. The van der Waals surface area contributed by atoms with Gasteiger partial charge in [-0.1, -0.05) is 44.0 Å². The average Bonchev–Trinajstić information content (AvgIpc) is 2.36. The van der Waals surface area contributed by atoms with Crippen LogP contribution in [0.3, 0.4) is 0 Å². The summed E-state index contributed by atoms with van der Waals surface area (Å²) in [5.74, 6) is -1.06. The standard InChI is InChI=1S/C15H12Br2F2/c1-8-5-10(3-4-12(8)16)15(17)11-6-9(2)13(18)7-14(11)19/h3-7,15H,1-2H3. The highest BCUT2D eigenvalue weighted by atomic mass is 79.9. The van der Waals surface area contributed by atoms with Crippen molar-refractivity contribution in [3.63, 3.8) is 0 Å². The molecule has 0 aliphatic heterocycles. The molecule has 0 nitrogen and oxygen atoms in total. The second kappa shape index (κ2) is 5.71. The van der Waals surface area contributed by atoms with Gasteiger partial charge in [0, 0.05) is 16.1 Å². The molecule has 0 aromatic heterocycles. The van der Waals surface area contributed by atoms with Crippen LogP contribution >= 0.6 is 31.9 Å². The Bertz CT molecular complexity index is 624. The van der Waals surface area contributed by atoms with Crippen LogP contribution < -0.4 is 0 Å². The van der Waals surface area contributed by atoms with Gasteiger partial charge in [0.2, 0.25) is 0 Å². The molecular weight excluding hydrogens is 378 g/mol. The Hall–Kier alpha value is -0.740. The fourth-order valence-electron chi connectivity index (χ4n) is 1.88. The van der Waals surface area contributed by atoms with Gasteiger partial charge in [0.15, 0.2) is 0 Å². The van der Waals surface area contributed by atoms with E-state index in [1.165, 1.54) is 0 Å². The molecule has 0 aliphatic rings. The number of hydrogen-bond donors (Lipinski definition) is 0. The van der Waals surface area contributed by atoms with E-state index < -0.39 is 11.6 Å². The van der Waals surface area contributed by atoms with Gasteiger partial charge < -0.3 is 0 Å². The van der Waals surface area contributed by atoms with Crippen molar-refractivity contribution in [1.82, 2.24) is 0 Å². The zero-order chi connectivity index (χ0) is 14.2. The molecule has 0 amide bonds. The molecule has 1 unspecified atom stereocenters. The molecule has 4 heteroatoms. The first-order valence-electron chi connectivity index (χ1n) is 5.76. The number of benzene rings is 2. The number of alkyl halides is 1. The summed E-state index contributed by atoms with van der Waals surface area (Å²) in [7, 11) is 0. The Morgan fingerprint density at radius 3 is 2.26 bits per heavy atom. The molecule has 2 aromatic carbocycles. The normalized spacial score (nSPS) is 12.5. The second-order valence-corrected chi connectivity index (χ2v) is 6.26.